The van der Waals surface area contributed by atoms with Gasteiger partial charge in [-0.25, -0.2) is 0 Å². The van der Waals surface area contributed by atoms with E-state index in [4.69, 9.17) is 4.42 Å². The lowest BCUT2D eigenvalue weighted by Gasteiger charge is -2.12. The Morgan fingerprint density at radius 1 is 0.875 bits per heavy atom. The van der Waals surface area contributed by atoms with E-state index in [0.717, 1.165) is 12.1 Å². The Morgan fingerprint density at radius 3 is 2.25 bits per heavy atom. The third-order valence-corrected chi connectivity index (χ3v) is 4.74. The number of carbonyl (C=O) groups is 3. The van der Waals surface area contributed by atoms with Crippen LogP contribution in [0.15, 0.2) is 71.3 Å². The molecule has 32 heavy (non-hydrogen) atoms. The third-order valence-electron chi connectivity index (χ3n) is 4.74. The van der Waals surface area contributed by atoms with E-state index >= 15 is 0 Å². The molecule has 8 nitrogen and oxygen atoms in total. The Balaban J connectivity index is 1.49. The highest BCUT2D eigenvalue weighted by molar-refractivity contribution is 6.03. The maximum atomic E-state index is 12.3. The Morgan fingerprint density at radius 2 is 1.59 bits per heavy atom. The van der Waals surface area contributed by atoms with Crippen LogP contribution >= 0.6 is 0 Å². The van der Waals surface area contributed by atoms with Crippen LogP contribution in [0.2, 0.25) is 0 Å². The molecule has 0 bridgehead atoms. The molecule has 1 unspecified atom stereocenters. The summed E-state index contributed by atoms with van der Waals surface area (Å²) in [5.74, 6) is -0.547. The molecule has 0 fully saturated rings. The molecule has 1 atom stereocenters. The van der Waals surface area contributed by atoms with Gasteiger partial charge in [-0.2, -0.15) is 0 Å². The summed E-state index contributed by atoms with van der Waals surface area (Å²) in [4.78, 5) is 36.5. The summed E-state index contributed by atoms with van der Waals surface area (Å²) >= 11 is 0. The lowest BCUT2D eigenvalue weighted by Crippen LogP contribution is -2.31. The summed E-state index contributed by atoms with van der Waals surface area (Å²) in [6, 6.07) is 17.1. The van der Waals surface area contributed by atoms with Gasteiger partial charge in [0.25, 0.3) is 11.8 Å². The van der Waals surface area contributed by atoms with Crippen molar-refractivity contribution in [1.29, 1.82) is 0 Å². The van der Waals surface area contributed by atoms with Crippen molar-refractivity contribution in [2.75, 3.05) is 22.5 Å². The van der Waals surface area contributed by atoms with Crippen molar-refractivity contribution in [3.8, 4) is 0 Å². The number of carbonyl (C=O) groups excluding carboxylic acids is 3. The van der Waals surface area contributed by atoms with Crippen LogP contribution in [0.5, 0.6) is 0 Å². The van der Waals surface area contributed by atoms with Crippen molar-refractivity contribution >= 4 is 34.8 Å². The summed E-state index contributed by atoms with van der Waals surface area (Å²) < 4.78 is 5.07. The SMILES string of the molecule is CCC(C)NC(=O)c1ccc(NCC(=O)Nc2cccc(NC(=O)c3ccco3)c2)cc1. The minimum atomic E-state index is -0.374. The monoisotopic (exact) mass is 434 g/mol. The molecule has 166 valence electrons. The molecule has 2 aromatic carbocycles. The first-order valence-electron chi connectivity index (χ1n) is 10.3. The predicted octanol–water partition coefficient (Wildman–Crippen LogP) is 4.11. The summed E-state index contributed by atoms with van der Waals surface area (Å²) in [6.45, 7) is 4.01. The molecule has 0 spiro atoms. The van der Waals surface area contributed by atoms with Crippen LogP contribution in [-0.2, 0) is 4.79 Å². The molecule has 0 radical (unpaired) electrons. The zero-order valence-corrected chi connectivity index (χ0v) is 18.0. The average Bonchev–Trinajstić information content (AvgIpc) is 3.33. The fraction of sp³-hybridized carbons (Fsp3) is 0.208. The van der Waals surface area contributed by atoms with E-state index in [1.165, 1.54) is 6.26 Å². The molecule has 3 aromatic rings. The van der Waals surface area contributed by atoms with E-state index in [1.54, 1.807) is 60.7 Å². The summed E-state index contributed by atoms with van der Waals surface area (Å²) in [6.07, 6.45) is 2.29. The van der Waals surface area contributed by atoms with Gasteiger partial charge in [0.15, 0.2) is 5.76 Å². The smallest absolute Gasteiger partial charge is 0.291 e. The maximum absolute atomic E-state index is 12.3. The van der Waals surface area contributed by atoms with Gasteiger partial charge in [0, 0.05) is 28.7 Å². The van der Waals surface area contributed by atoms with Crippen LogP contribution in [0.4, 0.5) is 17.1 Å². The fourth-order valence-electron chi connectivity index (χ4n) is 2.81. The first kappa shape index (κ1) is 22.6. The van der Waals surface area contributed by atoms with Crippen molar-refractivity contribution in [3.63, 3.8) is 0 Å². The van der Waals surface area contributed by atoms with Gasteiger partial charge in [0.05, 0.1) is 12.8 Å². The van der Waals surface area contributed by atoms with Crippen LogP contribution in [-0.4, -0.2) is 30.3 Å². The van der Waals surface area contributed by atoms with Gasteiger partial charge in [-0.05, 0) is 67.9 Å². The first-order valence-corrected chi connectivity index (χ1v) is 10.3. The highest BCUT2D eigenvalue weighted by Gasteiger charge is 2.10. The van der Waals surface area contributed by atoms with Crippen molar-refractivity contribution in [3.05, 3.63) is 78.3 Å². The van der Waals surface area contributed by atoms with Crippen LogP contribution in [0, 0.1) is 0 Å². The number of furan rings is 1. The Labute approximate surface area is 186 Å². The van der Waals surface area contributed by atoms with Gasteiger partial charge >= 0.3 is 0 Å². The van der Waals surface area contributed by atoms with Crippen LogP contribution in [0.3, 0.4) is 0 Å². The maximum Gasteiger partial charge on any atom is 0.291 e. The molecular formula is C24H26N4O4. The second-order valence-electron chi connectivity index (χ2n) is 7.27. The molecule has 1 heterocycles. The molecule has 4 N–H and O–H groups in total. The zero-order valence-electron chi connectivity index (χ0n) is 18.0. The molecule has 8 heteroatoms. The number of rotatable bonds is 9. The summed E-state index contributed by atoms with van der Waals surface area (Å²) in [7, 11) is 0. The lowest BCUT2D eigenvalue weighted by atomic mass is 10.1. The zero-order chi connectivity index (χ0) is 22.9. The molecule has 0 aliphatic carbocycles. The van der Waals surface area contributed by atoms with Crippen molar-refractivity contribution in [1.82, 2.24) is 5.32 Å². The molecule has 0 aliphatic rings. The molecule has 3 amide bonds. The number of anilines is 3. The summed E-state index contributed by atoms with van der Waals surface area (Å²) in [5, 5.41) is 11.4. The van der Waals surface area contributed by atoms with Crippen molar-refractivity contribution in [2.24, 2.45) is 0 Å². The van der Waals surface area contributed by atoms with Gasteiger partial charge in [0.2, 0.25) is 5.91 Å². The number of hydrogen-bond donors (Lipinski definition) is 4. The summed E-state index contributed by atoms with van der Waals surface area (Å²) in [5.41, 5.74) is 2.36. The molecule has 0 saturated heterocycles. The molecule has 1 aromatic heterocycles. The standard InChI is InChI=1S/C24H26N4O4/c1-3-16(2)26-23(30)17-9-11-18(12-10-17)25-15-22(29)27-19-6-4-7-20(14-19)28-24(31)21-8-5-13-32-21/h4-14,16,25H,3,15H2,1-2H3,(H,26,30)(H,27,29)(H,28,31). The minimum absolute atomic E-state index is 0.0430. The average molecular weight is 434 g/mol. The molecule has 0 saturated carbocycles. The minimum Gasteiger partial charge on any atom is -0.459 e. The van der Waals surface area contributed by atoms with E-state index in [2.05, 4.69) is 21.3 Å². The van der Waals surface area contributed by atoms with E-state index in [-0.39, 0.29) is 36.1 Å². The number of nitrogens with one attached hydrogen (secondary N) is 4. The van der Waals surface area contributed by atoms with Gasteiger partial charge in [-0.1, -0.05) is 13.0 Å². The predicted molar refractivity (Wildman–Crippen MR) is 124 cm³/mol. The Kier molecular flexibility index (Phi) is 7.64. The van der Waals surface area contributed by atoms with Crippen LogP contribution in [0.25, 0.3) is 0 Å². The highest BCUT2D eigenvalue weighted by Crippen LogP contribution is 2.16. The Bertz CT molecular complexity index is 1060. The fourth-order valence-corrected chi connectivity index (χ4v) is 2.81. The van der Waals surface area contributed by atoms with Crippen LogP contribution < -0.4 is 21.3 Å². The number of benzene rings is 2. The van der Waals surface area contributed by atoms with Crippen LogP contribution in [0.1, 0.15) is 41.2 Å². The quantitative estimate of drug-likeness (QED) is 0.405. The first-order chi connectivity index (χ1) is 15.4. The lowest BCUT2D eigenvalue weighted by molar-refractivity contribution is -0.114. The van der Waals surface area contributed by atoms with Crippen molar-refractivity contribution < 1.29 is 18.8 Å². The number of amides is 3. The topological polar surface area (TPSA) is 112 Å². The van der Waals surface area contributed by atoms with Crippen molar-refractivity contribution in [2.45, 2.75) is 26.3 Å². The highest BCUT2D eigenvalue weighted by atomic mass is 16.3. The van der Waals surface area contributed by atoms with E-state index < -0.39 is 0 Å². The molecule has 3 rings (SSSR count). The second kappa shape index (κ2) is 10.8. The largest absolute Gasteiger partial charge is 0.459 e. The van der Waals surface area contributed by atoms with E-state index in [0.29, 0.717) is 16.9 Å². The molecular weight excluding hydrogens is 408 g/mol. The van der Waals surface area contributed by atoms with Gasteiger partial charge in [-0.15, -0.1) is 0 Å². The van der Waals surface area contributed by atoms with E-state index in [9.17, 15) is 14.4 Å². The third kappa shape index (κ3) is 6.46. The normalized spacial score (nSPS) is 11.3. The Hall–Kier alpha value is -4.07. The van der Waals surface area contributed by atoms with Gasteiger partial charge < -0.3 is 25.7 Å². The van der Waals surface area contributed by atoms with Gasteiger partial charge in [-0.3, -0.25) is 14.4 Å². The molecule has 0 aliphatic heterocycles. The van der Waals surface area contributed by atoms with E-state index in [1.807, 2.05) is 13.8 Å². The van der Waals surface area contributed by atoms with Gasteiger partial charge in [0.1, 0.15) is 0 Å². The number of hydrogen-bond acceptors (Lipinski definition) is 5. The second-order valence-corrected chi connectivity index (χ2v) is 7.27.